The second-order valence-corrected chi connectivity index (χ2v) is 5.73. The molecular formula is C10H9BrO2S. The van der Waals surface area contributed by atoms with Gasteiger partial charge in [-0.05, 0) is 31.0 Å². The number of carboxylic acids is 1. The predicted octanol–water partition coefficient (Wildman–Crippen LogP) is 3.16. The van der Waals surface area contributed by atoms with Crippen molar-refractivity contribution in [1.82, 2.24) is 0 Å². The minimum atomic E-state index is -0.692. The molecule has 0 radical (unpaired) electrons. The zero-order chi connectivity index (χ0) is 10.2. The highest BCUT2D eigenvalue weighted by atomic mass is 79.9. The molecule has 2 nitrogen and oxygen atoms in total. The third-order valence-corrected chi connectivity index (χ3v) is 4.16. The lowest BCUT2D eigenvalue weighted by atomic mass is 10.4. The Balaban J connectivity index is 2.15. The molecule has 0 aliphatic heterocycles. The molecule has 0 amide bonds. The summed E-state index contributed by atoms with van der Waals surface area (Å²) in [6, 6.07) is 7.75. The van der Waals surface area contributed by atoms with Crippen molar-refractivity contribution in [3.63, 3.8) is 0 Å². The van der Waals surface area contributed by atoms with Crippen LogP contribution >= 0.6 is 27.7 Å². The summed E-state index contributed by atoms with van der Waals surface area (Å²) in [5.74, 6) is -0.692. The summed E-state index contributed by atoms with van der Waals surface area (Å²) in [5, 5.41) is 9.00. The Labute approximate surface area is 94.8 Å². The molecule has 0 unspecified atom stereocenters. The molecule has 14 heavy (non-hydrogen) atoms. The summed E-state index contributed by atoms with van der Waals surface area (Å²) >= 11 is 4.82. The van der Waals surface area contributed by atoms with E-state index in [0.29, 0.717) is 0 Å². The normalized spacial score (nSPS) is 17.8. The standard InChI is InChI=1S/C10H9BrO2S/c11-7-2-1-3-8(6-7)14-10(4-5-10)9(12)13/h1-3,6H,4-5H2,(H,12,13). The molecular weight excluding hydrogens is 264 g/mol. The maximum Gasteiger partial charge on any atom is 0.320 e. The van der Waals surface area contributed by atoms with Gasteiger partial charge in [-0.25, -0.2) is 0 Å². The van der Waals surface area contributed by atoms with E-state index in [1.807, 2.05) is 24.3 Å². The van der Waals surface area contributed by atoms with Crippen LogP contribution in [0.3, 0.4) is 0 Å². The van der Waals surface area contributed by atoms with Crippen molar-refractivity contribution in [2.45, 2.75) is 22.5 Å². The Morgan fingerprint density at radius 3 is 2.71 bits per heavy atom. The quantitative estimate of drug-likeness (QED) is 0.919. The second kappa shape index (κ2) is 3.59. The van der Waals surface area contributed by atoms with Gasteiger partial charge in [-0.2, -0.15) is 0 Å². The van der Waals surface area contributed by atoms with Crippen LogP contribution in [0.4, 0.5) is 0 Å². The van der Waals surface area contributed by atoms with E-state index in [9.17, 15) is 4.79 Å². The molecule has 1 aromatic carbocycles. The van der Waals surface area contributed by atoms with Crippen molar-refractivity contribution in [1.29, 1.82) is 0 Å². The van der Waals surface area contributed by atoms with Crippen LogP contribution in [0.5, 0.6) is 0 Å². The number of carboxylic acid groups (broad SMARTS) is 1. The molecule has 0 saturated heterocycles. The van der Waals surface area contributed by atoms with Crippen molar-refractivity contribution in [2.24, 2.45) is 0 Å². The van der Waals surface area contributed by atoms with Gasteiger partial charge in [-0.1, -0.05) is 22.0 Å². The van der Waals surface area contributed by atoms with Gasteiger partial charge in [0.15, 0.2) is 0 Å². The Morgan fingerprint density at radius 2 is 2.21 bits per heavy atom. The van der Waals surface area contributed by atoms with Gasteiger partial charge < -0.3 is 5.11 Å². The van der Waals surface area contributed by atoms with Crippen molar-refractivity contribution >= 4 is 33.7 Å². The van der Waals surface area contributed by atoms with E-state index in [1.54, 1.807) is 0 Å². The fourth-order valence-electron chi connectivity index (χ4n) is 1.23. The molecule has 2 rings (SSSR count). The first-order valence-corrected chi connectivity index (χ1v) is 5.91. The number of benzene rings is 1. The molecule has 1 fully saturated rings. The number of halogens is 1. The lowest BCUT2D eigenvalue weighted by Crippen LogP contribution is -2.16. The van der Waals surface area contributed by atoms with Gasteiger partial charge >= 0.3 is 5.97 Å². The van der Waals surface area contributed by atoms with E-state index in [1.165, 1.54) is 11.8 Å². The molecule has 1 aromatic rings. The van der Waals surface area contributed by atoms with Crippen LogP contribution < -0.4 is 0 Å². The first-order valence-electron chi connectivity index (χ1n) is 4.30. The summed E-state index contributed by atoms with van der Waals surface area (Å²) in [6.07, 6.45) is 1.55. The second-order valence-electron chi connectivity index (χ2n) is 3.36. The lowest BCUT2D eigenvalue weighted by molar-refractivity contribution is -0.137. The van der Waals surface area contributed by atoms with Crippen LogP contribution in [0.25, 0.3) is 0 Å². The van der Waals surface area contributed by atoms with Gasteiger partial charge in [0.25, 0.3) is 0 Å². The first-order chi connectivity index (χ1) is 6.62. The zero-order valence-corrected chi connectivity index (χ0v) is 9.77. The minimum absolute atomic E-state index is 0.541. The van der Waals surface area contributed by atoms with Crippen LogP contribution in [0.1, 0.15) is 12.8 Å². The van der Waals surface area contributed by atoms with Gasteiger partial charge in [0.2, 0.25) is 0 Å². The fourth-order valence-corrected chi connectivity index (χ4v) is 2.96. The highest BCUT2D eigenvalue weighted by molar-refractivity contribution is 9.10. The number of thioether (sulfide) groups is 1. The average molecular weight is 273 g/mol. The van der Waals surface area contributed by atoms with E-state index in [-0.39, 0.29) is 0 Å². The summed E-state index contributed by atoms with van der Waals surface area (Å²) in [6.45, 7) is 0. The molecule has 1 aliphatic carbocycles. The zero-order valence-electron chi connectivity index (χ0n) is 7.37. The average Bonchev–Trinajstić information content (AvgIpc) is 2.85. The van der Waals surface area contributed by atoms with Gasteiger partial charge in [0, 0.05) is 9.37 Å². The van der Waals surface area contributed by atoms with Crippen molar-refractivity contribution in [3.8, 4) is 0 Å². The van der Waals surface area contributed by atoms with E-state index in [4.69, 9.17) is 5.11 Å². The van der Waals surface area contributed by atoms with Crippen LogP contribution in [0.2, 0.25) is 0 Å². The molecule has 0 atom stereocenters. The molecule has 1 N–H and O–H groups in total. The van der Waals surface area contributed by atoms with Crippen LogP contribution in [-0.4, -0.2) is 15.8 Å². The minimum Gasteiger partial charge on any atom is -0.480 e. The number of aliphatic carboxylic acids is 1. The summed E-state index contributed by atoms with van der Waals surface area (Å²) in [5.41, 5.74) is 0. The summed E-state index contributed by atoms with van der Waals surface area (Å²) in [4.78, 5) is 12.0. The molecule has 0 heterocycles. The number of hydrogen-bond donors (Lipinski definition) is 1. The van der Waals surface area contributed by atoms with E-state index in [0.717, 1.165) is 22.2 Å². The van der Waals surface area contributed by atoms with Gasteiger partial charge in [0.05, 0.1) is 0 Å². The summed E-state index contributed by atoms with van der Waals surface area (Å²) in [7, 11) is 0. The first kappa shape index (κ1) is 10.1. The highest BCUT2D eigenvalue weighted by Gasteiger charge is 2.51. The molecule has 0 spiro atoms. The molecule has 1 aliphatic rings. The van der Waals surface area contributed by atoms with Crippen LogP contribution in [0, 0.1) is 0 Å². The van der Waals surface area contributed by atoms with Crippen molar-refractivity contribution < 1.29 is 9.90 Å². The number of hydrogen-bond acceptors (Lipinski definition) is 2. The smallest absolute Gasteiger partial charge is 0.320 e. The largest absolute Gasteiger partial charge is 0.480 e. The molecule has 0 aromatic heterocycles. The third-order valence-electron chi connectivity index (χ3n) is 2.20. The lowest BCUT2D eigenvalue weighted by Gasteiger charge is -2.08. The maximum atomic E-state index is 10.9. The predicted molar refractivity (Wildman–Crippen MR) is 59.6 cm³/mol. The van der Waals surface area contributed by atoms with Gasteiger partial charge in [-0.15, -0.1) is 11.8 Å². The van der Waals surface area contributed by atoms with E-state index in [2.05, 4.69) is 15.9 Å². The van der Waals surface area contributed by atoms with E-state index < -0.39 is 10.7 Å². The van der Waals surface area contributed by atoms with Crippen molar-refractivity contribution in [3.05, 3.63) is 28.7 Å². The monoisotopic (exact) mass is 272 g/mol. The number of carbonyl (C=O) groups is 1. The Bertz CT molecular complexity index is 374. The van der Waals surface area contributed by atoms with Crippen molar-refractivity contribution in [2.75, 3.05) is 0 Å². The molecule has 4 heteroatoms. The Morgan fingerprint density at radius 1 is 1.50 bits per heavy atom. The van der Waals surface area contributed by atoms with Crippen LogP contribution in [-0.2, 0) is 4.79 Å². The fraction of sp³-hybridized carbons (Fsp3) is 0.300. The van der Waals surface area contributed by atoms with Gasteiger partial charge in [0.1, 0.15) is 4.75 Å². The molecule has 74 valence electrons. The maximum absolute atomic E-state index is 10.9. The van der Waals surface area contributed by atoms with Gasteiger partial charge in [-0.3, -0.25) is 4.79 Å². The Hall–Kier alpha value is -0.480. The Kier molecular flexibility index (Phi) is 2.58. The highest BCUT2D eigenvalue weighted by Crippen LogP contribution is 2.52. The van der Waals surface area contributed by atoms with E-state index >= 15 is 0 Å². The molecule has 1 saturated carbocycles. The molecule has 0 bridgehead atoms. The number of rotatable bonds is 3. The summed E-state index contributed by atoms with van der Waals surface area (Å²) < 4.78 is 0.449. The third kappa shape index (κ3) is 1.96. The van der Waals surface area contributed by atoms with Crippen LogP contribution in [0.15, 0.2) is 33.6 Å². The SMILES string of the molecule is O=C(O)C1(Sc2cccc(Br)c2)CC1. The topological polar surface area (TPSA) is 37.3 Å².